The molecule has 0 aromatic carbocycles. The van der Waals surface area contributed by atoms with Crippen molar-refractivity contribution in [1.29, 1.82) is 0 Å². The lowest BCUT2D eigenvalue weighted by molar-refractivity contribution is -0.125. The Kier molecular flexibility index (Phi) is 36.8. The molecule has 12 rings (SSSR count). The number of aliphatic hydroxyl groups excluding tert-OH is 4. The lowest BCUT2D eigenvalue weighted by Gasteiger charge is -2.31. The summed E-state index contributed by atoms with van der Waals surface area (Å²) in [5, 5.41) is 56.5. The zero-order chi connectivity index (χ0) is 98.8. The predicted octanol–water partition coefficient (Wildman–Crippen LogP) is 14.3. The van der Waals surface area contributed by atoms with E-state index < -0.39 is 91.4 Å². The van der Waals surface area contributed by atoms with Crippen LogP contribution in [0, 0.1) is 76.4 Å². The summed E-state index contributed by atoms with van der Waals surface area (Å²) in [5.41, 5.74) is 4.16. The predicted molar refractivity (Wildman–Crippen MR) is 506 cm³/mol. The van der Waals surface area contributed by atoms with Crippen LogP contribution in [0.2, 0.25) is 0 Å². The molecule has 8 aromatic heterocycles. The van der Waals surface area contributed by atoms with Crippen molar-refractivity contribution >= 4 is 103 Å². The number of fused-ring (bicyclic) bond motifs is 4. The first-order chi connectivity index (χ1) is 62.2. The van der Waals surface area contributed by atoms with Crippen molar-refractivity contribution in [2.75, 3.05) is 90.4 Å². The van der Waals surface area contributed by atoms with E-state index in [1.807, 2.05) is 63.1 Å². The third-order valence-corrected chi connectivity index (χ3v) is 24.6. The molecule has 36 nitrogen and oxygen atoms in total. The number of rotatable bonds is 33. The Morgan fingerprint density at radius 3 is 1.13 bits per heavy atom. The number of nitrogens with zero attached hydrogens (tertiary/aromatic N) is 12. The molecule has 8 aromatic rings. The molecule has 4 aliphatic rings. The number of aromatic nitrogens is 12. The van der Waals surface area contributed by atoms with E-state index in [0.29, 0.717) is 86.5 Å². The molecular weight excluding hydrogens is 1710 g/mol. The zero-order valence-electron chi connectivity index (χ0n) is 83.8. The van der Waals surface area contributed by atoms with Gasteiger partial charge in [-0.05, 0) is 110 Å². The maximum absolute atomic E-state index is 13.4. The molecule has 8 unspecified atom stereocenters. The Bertz CT molecular complexity index is 5270. The molecule has 36 heteroatoms. The molecule has 12 heterocycles. The first-order valence-electron chi connectivity index (χ1n) is 46.2. The minimum Gasteiger partial charge on any atom is -0.390 e. The maximum Gasteiger partial charge on any atom is 0.231 e. The maximum atomic E-state index is 13.4. The van der Waals surface area contributed by atoms with Gasteiger partial charge in [-0.25, -0.2) is 39.9 Å². The fourth-order valence-corrected chi connectivity index (χ4v) is 18.5. The van der Waals surface area contributed by atoms with Crippen LogP contribution in [0.5, 0.6) is 0 Å². The van der Waals surface area contributed by atoms with E-state index in [9.17, 15) is 49.2 Å². The molecular formula is C97H150N16O20. The van der Waals surface area contributed by atoms with Crippen LogP contribution in [0.1, 0.15) is 260 Å². The SMILES string of the molecule is CCC(C)C(CC(C)(C)C)C(=O)Nc1ncnc2c1c(C(C)=O)cn2[C@H]1CC(O)[C@@H](COC)O1.COC[C@H]1O[C@@H](n2cc(C(C)=O)c3c(NC(=O)C(CC(C)(C)C)C(C)C)ncnc32)CC1O.COC[C@H]1O[C@@H](n2cc(C)c3c(NC(=O)C(C)(C)CC(C)(C)C)ncnc32)[C@@H](OC)C1O.COC[C@H]1O[C@@H](n2cc(C)c3c(NC(=O)C(CC(C)C)CC(C)(C)C)ncnc32)[C@@H](OC)C1O. The number of anilines is 4. The second kappa shape index (κ2) is 45.4. The summed E-state index contributed by atoms with van der Waals surface area (Å²) < 4.78 is 63.0. The smallest absolute Gasteiger partial charge is 0.231 e. The summed E-state index contributed by atoms with van der Waals surface area (Å²) in [6.07, 6.45) is 9.58. The van der Waals surface area contributed by atoms with Crippen LogP contribution in [0.4, 0.5) is 23.3 Å². The molecule has 738 valence electrons. The third-order valence-electron chi connectivity index (χ3n) is 24.6. The second-order valence-electron chi connectivity index (χ2n) is 42.3. The number of aryl methyl sites for hydroxylation is 2. The van der Waals surface area contributed by atoms with E-state index in [1.165, 1.54) is 46.3 Å². The van der Waals surface area contributed by atoms with Crippen LogP contribution in [0.25, 0.3) is 44.1 Å². The third kappa shape index (κ3) is 26.7. The Morgan fingerprint density at radius 1 is 0.444 bits per heavy atom. The molecule has 4 saturated heterocycles. The monoisotopic (exact) mass is 1860 g/mol. The Morgan fingerprint density at radius 2 is 0.789 bits per heavy atom. The van der Waals surface area contributed by atoms with E-state index in [2.05, 4.69) is 172 Å². The van der Waals surface area contributed by atoms with Crippen molar-refractivity contribution in [3.8, 4) is 0 Å². The van der Waals surface area contributed by atoms with Gasteiger partial charge in [0.05, 0.1) is 60.2 Å². The van der Waals surface area contributed by atoms with Crippen LogP contribution < -0.4 is 21.3 Å². The van der Waals surface area contributed by atoms with Gasteiger partial charge in [-0.15, -0.1) is 0 Å². The highest BCUT2D eigenvalue weighted by Gasteiger charge is 2.49. The number of nitrogens with one attached hydrogen (secondary N) is 4. The summed E-state index contributed by atoms with van der Waals surface area (Å²) in [6.45, 7) is 49.7. The molecule has 0 bridgehead atoms. The number of Topliss-reactive ketones (excluding diaryl/α,β-unsaturated/α-hetero) is 2. The van der Waals surface area contributed by atoms with E-state index >= 15 is 0 Å². The van der Waals surface area contributed by atoms with E-state index in [0.717, 1.165) is 60.4 Å². The van der Waals surface area contributed by atoms with E-state index in [-0.39, 0.29) is 113 Å². The zero-order valence-corrected chi connectivity index (χ0v) is 83.8. The number of ether oxygens (including phenoxy) is 10. The van der Waals surface area contributed by atoms with Crippen molar-refractivity contribution in [1.82, 2.24) is 58.1 Å². The van der Waals surface area contributed by atoms with Gasteiger partial charge < -0.3 is 107 Å². The molecule has 4 aliphatic heterocycles. The number of methoxy groups -OCH3 is 6. The van der Waals surface area contributed by atoms with Crippen molar-refractivity contribution in [2.45, 2.75) is 303 Å². The van der Waals surface area contributed by atoms with Gasteiger partial charge in [-0.3, -0.25) is 28.8 Å². The van der Waals surface area contributed by atoms with Crippen LogP contribution in [-0.4, -0.2) is 244 Å². The molecule has 18 atom stereocenters. The molecule has 0 spiro atoms. The van der Waals surface area contributed by atoms with Crippen molar-refractivity contribution < 1.29 is 96.6 Å². The van der Waals surface area contributed by atoms with Gasteiger partial charge >= 0.3 is 0 Å². The van der Waals surface area contributed by atoms with Crippen LogP contribution >= 0.6 is 0 Å². The van der Waals surface area contributed by atoms with Crippen LogP contribution in [-0.2, 0) is 66.5 Å². The molecule has 4 amide bonds. The van der Waals surface area contributed by atoms with Gasteiger partial charge in [-0.2, -0.15) is 0 Å². The molecule has 0 aliphatic carbocycles. The average Bonchev–Trinajstić information content (AvgIpc) is 1.62. The van der Waals surface area contributed by atoms with Gasteiger partial charge in [0.15, 0.2) is 24.0 Å². The van der Waals surface area contributed by atoms with Gasteiger partial charge in [-0.1, -0.05) is 145 Å². The minimum atomic E-state index is -0.845. The Hall–Kier alpha value is -8.86. The summed E-state index contributed by atoms with van der Waals surface area (Å²) in [6, 6.07) is 0. The van der Waals surface area contributed by atoms with E-state index in [4.69, 9.17) is 47.4 Å². The van der Waals surface area contributed by atoms with Crippen molar-refractivity contribution in [3.63, 3.8) is 0 Å². The van der Waals surface area contributed by atoms with Crippen molar-refractivity contribution in [3.05, 3.63) is 72.4 Å². The largest absolute Gasteiger partial charge is 0.390 e. The molecule has 4 fully saturated rings. The van der Waals surface area contributed by atoms with Crippen molar-refractivity contribution in [2.24, 2.45) is 62.6 Å². The first-order valence-corrected chi connectivity index (χ1v) is 46.2. The molecule has 0 radical (unpaired) electrons. The Balaban J connectivity index is 0.000000199. The lowest BCUT2D eigenvalue weighted by Crippen LogP contribution is -2.35. The standard InChI is InChI=1S/C25H40N4O5.C25H38N4O5.C24H36N4O5.C23H36N4O5/c1-14(2)9-16(10-25(4,5)6)23(31)28-21-18-15(3)11-29(22(18)27-13-26-21)24-20(33-8)19(30)17(34-24)12-32-7;1-8-14(2)16(10-25(4,5)6)24(32)28-22-21-17(15(3)30)11-29(23(21)27-13-26-22)20-9-18(31)19(34-20)12-33-7;1-13(2)15(9-24(4,5)6)23(31)27-21-20-16(14(3)29)10-28(22(20)26-12-25-21)19-8-17(30)18(33-19)11-32-7;1-13-9-27(20-17(31-8)16(28)14(32-20)10-30-7)19-15(13)18(24-12-25-19)26-21(29)23(5,6)11-22(2,3)4/h11,13-14,16-17,19-20,24,30H,9-10,12H2,1-8H3,(H,26,27,28,31);11,13-14,16,18-20,31H,8-10,12H2,1-7H3,(H,26,27,28,32);10,12-13,15,17-19,30H,8-9,11H2,1-7H3,(H,25,26,27,31);9,12,14,16-17,20,28H,10-11H2,1-8H3,(H,24,25,26,29)/t16?,17-,19?,20+,24-;14?,16?,18?,19-,20-;15?,17?,18-,19-;14-,16?,17+,20-/m1111/s1. The summed E-state index contributed by atoms with van der Waals surface area (Å²) in [5.74, 6) is 1.07. The fourth-order valence-electron chi connectivity index (χ4n) is 18.5. The molecule has 8 N–H and O–H groups in total. The van der Waals surface area contributed by atoms with Gasteiger partial charge in [0.25, 0.3) is 0 Å². The normalized spacial score (nSPS) is 23.3. The summed E-state index contributed by atoms with van der Waals surface area (Å²) >= 11 is 0. The quantitative estimate of drug-likeness (QED) is 0.0177. The number of amides is 4. The van der Waals surface area contributed by atoms with Crippen LogP contribution in [0.15, 0.2) is 50.1 Å². The number of carbonyl (C=O) groups is 6. The first kappa shape index (κ1) is 108. The minimum absolute atomic E-state index is 0.00956. The van der Waals surface area contributed by atoms with Crippen LogP contribution in [0.3, 0.4) is 0 Å². The Labute approximate surface area is 782 Å². The van der Waals surface area contributed by atoms with E-state index in [1.54, 1.807) is 57.1 Å². The highest BCUT2D eigenvalue weighted by molar-refractivity contribution is 6.13. The molecule has 133 heavy (non-hydrogen) atoms. The number of hydrogen-bond acceptors (Lipinski definition) is 28. The number of ketones is 2. The molecule has 0 saturated carbocycles. The number of aliphatic hydroxyl groups is 4. The highest BCUT2D eigenvalue weighted by Crippen LogP contribution is 2.44. The number of hydrogen-bond donors (Lipinski definition) is 8. The summed E-state index contributed by atoms with van der Waals surface area (Å²) in [7, 11) is 9.31. The number of carbonyl (C=O) groups excluding carboxylic acids is 6. The van der Waals surface area contributed by atoms with Gasteiger partial charge in [0.2, 0.25) is 23.6 Å². The van der Waals surface area contributed by atoms with Gasteiger partial charge in [0, 0.05) is 115 Å². The topological polar surface area (TPSA) is 447 Å². The highest BCUT2D eigenvalue weighted by atomic mass is 16.6. The average molecular weight is 1860 g/mol. The second-order valence-corrected chi connectivity index (χ2v) is 42.3. The summed E-state index contributed by atoms with van der Waals surface area (Å²) in [4.78, 5) is 113. The lowest BCUT2D eigenvalue weighted by atomic mass is 9.76. The fraction of sp³-hybridized carbons (Fsp3) is 0.691. The van der Waals surface area contributed by atoms with Gasteiger partial charge in [0.1, 0.15) is 132 Å².